The van der Waals surface area contributed by atoms with Crippen LogP contribution in [0, 0.1) is 5.82 Å². The molecule has 1 aliphatic rings. The zero-order valence-electron chi connectivity index (χ0n) is 12.0. The second-order valence-corrected chi connectivity index (χ2v) is 5.34. The fourth-order valence-corrected chi connectivity index (χ4v) is 2.68. The van der Waals surface area contributed by atoms with Gasteiger partial charge >= 0.3 is 6.18 Å². The van der Waals surface area contributed by atoms with Gasteiger partial charge in [0.1, 0.15) is 18.5 Å². The van der Waals surface area contributed by atoms with E-state index in [1.54, 1.807) is 0 Å². The van der Waals surface area contributed by atoms with Crippen molar-refractivity contribution in [1.82, 2.24) is 10.2 Å². The van der Waals surface area contributed by atoms with Crippen molar-refractivity contribution in [2.24, 2.45) is 0 Å². The van der Waals surface area contributed by atoms with E-state index in [2.05, 4.69) is 5.32 Å². The molecule has 2 N–H and O–H groups in total. The van der Waals surface area contributed by atoms with Crippen LogP contribution in [0.2, 0.25) is 0 Å². The number of nitrogens with zero attached hydrogens (tertiary/aromatic N) is 1. The van der Waals surface area contributed by atoms with Crippen molar-refractivity contribution in [3.63, 3.8) is 0 Å². The van der Waals surface area contributed by atoms with E-state index in [-0.39, 0.29) is 18.7 Å². The summed E-state index contributed by atoms with van der Waals surface area (Å²) in [5, 5.41) is 11.9. The van der Waals surface area contributed by atoms with Gasteiger partial charge in [-0.2, -0.15) is 13.2 Å². The zero-order chi connectivity index (χ0) is 17.3. The van der Waals surface area contributed by atoms with E-state index < -0.39 is 36.1 Å². The third kappa shape index (κ3) is 3.96. The second kappa shape index (κ2) is 6.66. The third-order valence-corrected chi connectivity index (χ3v) is 3.74. The van der Waals surface area contributed by atoms with Gasteiger partial charge in [-0.3, -0.25) is 4.90 Å². The van der Waals surface area contributed by atoms with Crippen molar-refractivity contribution in [2.75, 3.05) is 32.8 Å². The molecule has 1 fully saturated rings. The van der Waals surface area contributed by atoms with E-state index in [0.29, 0.717) is 25.2 Å². The largest absolute Gasteiger partial charge is 0.419 e. The maximum atomic E-state index is 14.1. The molecule has 1 aromatic carbocycles. The number of halogens is 6. The molecule has 3 nitrogen and oxygen atoms in total. The Balaban J connectivity index is 2.41. The zero-order valence-corrected chi connectivity index (χ0v) is 12.0. The minimum Gasteiger partial charge on any atom is -0.390 e. The van der Waals surface area contributed by atoms with Gasteiger partial charge in [0.15, 0.2) is 0 Å². The smallest absolute Gasteiger partial charge is 0.390 e. The van der Waals surface area contributed by atoms with Gasteiger partial charge in [-0.1, -0.05) is 6.07 Å². The molecule has 0 saturated carbocycles. The van der Waals surface area contributed by atoms with E-state index >= 15 is 0 Å². The molecular formula is C14H16F6N2O. The number of piperazine rings is 1. The highest BCUT2D eigenvalue weighted by Crippen LogP contribution is 2.39. The summed E-state index contributed by atoms with van der Waals surface area (Å²) in [5.41, 5.74) is -1.80. The fraction of sp³-hybridized carbons (Fsp3) is 0.571. The average Bonchev–Trinajstić information content (AvgIpc) is 2.47. The van der Waals surface area contributed by atoms with E-state index in [4.69, 9.17) is 5.11 Å². The van der Waals surface area contributed by atoms with E-state index in [1.165, 1.54) is 4.90 Å². The summed E-state index contributed by atoms with van der Waals surface area (Å²) in [6.45, 7) is -0.224. The second-order valence-electron chi connectivity index (χ2n) is 5.34. The van der Waals surface area contributed by atoms with Gasteiger partial charge in [-0.25, -0.2) is 13.2 Å². The molecular weight excluding hydrogens is 326 g/mol. The number of hydrogen-bond acceptors (Lipinski definition) is 3. The molecule has 2 rings (SSSR count). The summed E-state index contributed by atoms with van der Waals surface area (Å²) in [4.78, 5) is 1.33. The number of aliphatic hydroxyl groups is 1. The molecule has 0 aliphatic carbocycles. The molecule has 0 radical (unpaired) electrons. The van der Waals surface area contributed by atoms with E-state index in [0.717, 1.165) is 6.07 Å². The Bertz CT molecular complexity index is 543. The molecule has 0 amide bonds. The Morgan fingerprint density at radius 1 is 1.13 bits per heavy atom. The van der Waals surface area contributed by atoms with Crippen LogP contribution >= 0.6 is 0 Å². The van der Waals surface area contributed by atoms with Gasteiger partial charge in [0, 0.05) is 26.2 Å². The lowest BCUT2D eigenvalue weighted by Crippen LogP contribution is -2.51. The van der Waals surface area contributed by atoms with Gasteiger partial charge in [0.05, 0.1) is 5.56 Å². The van der Waals surface area contributed by atoms with Gasteiger partial charge in [-0.15, -0.1) is 0 Å². The van der Waals surface area contributed by atoms with Gasteiger partial charge in [-0.05, 0) is 17.7 Å². The number of hydrogen-bond donors (Lipinski definition) is 2. The maximum absolute atomic E-state index is 14.1. The minimum atomic E-state index is -4.90. The molecule has 0 unspecified atom stereocenters. The molecule has 1 aliphatic heterocycles. The predicted octanol–water partition coefficient (Wildman–Crippen LogP) is 2.42. The molecule has 1 aromatic rings. The summed E-state index contributed by atoms with van der Waals surface area (Å²) in [6.07, 6.45) is -4.90. The van der Waals surface area contributed by atoms with Crippen LogP contribution in [0.4, 0.5) is 26.3 Å². The van der Waals surface area contributed by atoms with Crippen molar-refractivity contribution in [1.29, 1.82) is 0 Å². The summed E-state index contributed by atoms with van der Waals surface area (Å²) < 4.78 is 79.7. The van der Waals surface area contributed by atoms with Crippen molar-refractivity contribution < 1.29 is 31.4 Å². The van der Waals surface area contributed by atoms with Crippen LogP contribution in [-0.4, -0.2) is 48.7 Å². The number of nitrogens with one attached hydrogen (secondary N) is 1. The molecule has 1 atom stereocenters. The molecule has 0 spiro atoms. The molecule has 1 heterocycles. The highest BCUT2D eigenvalue weighted by molar-refractivity contribution is 5.30. The summed E-state index contributed by atoms with van der Waals surface area (Å²) in [5.74, 6) is -5.22. The highest BCUT2D eigenvalue weighted by atomic mass is 19.4. The molecule has 0 bridgehead atoms. The van der Waals surface area contributed by atoms with Crippen molar-refractivity contribution in [3.8, 4) is 0 Å². The SMILES string of the molecule is OCC(F)(F)[C@@H](c1ccc(C(F)(F)F)c(F)c1)N1CCNCC1. The van der Waals surface area contributed by atoms with Crippen molar-refractivity contribution in [2.45, 2.75) is 18.1 Å². The Kier molecular flexibility index (Phi) is 5.22. The molecule has 9 heteroatoms. The third-order valence-electron chi connectivity index (χ3n) is 3.74. The first-order valence-corrected chi connectivity index (χ1v) is 6.97. The molecule has 0 aromatic heterocycles. The first kappa shape index (κ1) is 18.0. The average molecular weight is 342 g/mol. The lowest BCUT2D eigenvalue weighted by molar-refractivity contribution is -0.140. The first-order valence-electron chi connectivity index (χ1n) is 6.97. The van der Waals surface area contributed by atoms with Crippen LogP contribution in [0.15, 0.2) is 18.2 Å². The van der Waals surface area contributed by atoms with E-state index in [1.807, 2.05) is 0 Å². The minimum absolute atomic E-state index is 0.211. The Labute approximate surface area is 128 Å². The van der Waals surface area contributed by atoms with Crippen molar-refractivity contribution in [3.05, 3.63) is 35.1 Å². The number of rotatable bonds is 4. The van der Waals surface area contributed by atoms with Crippen molar-refractivity contribution >= 4 is 0 Å². The summed E-state index contributed by atoms with van der Waals surface area (Å²) in [6, 6.07) is 0.0700. The Hall–Kier alpha value is -1.32. The first-order chi connectivity index (χ1) is 10.7. The topological polar surface area (TPSA) is 35.5 Å². The van der Waals surface area contributed by atoms with Crippen LogP contribution in [0.1, 0.15) is 17.2 Å². The molecule has 130 valence electrons. The van der Waals surface area contributed by atoms with Crippen LogP contribution in [-0.2, 0) is 6.18 Å². The van der Waals surface area contributed by atoms with Crippen LogP contribution in [0.5, 0.6) is 0 Å². The van der Waals surface area contributed by atoms with Gasteiger partial charge in [0.25, 0.3) is 5.92 Å². The summed E-state index contributed by atoms with van der Waals surface area (Å²) >= 11 is 0. The number of alkyl halides is 5. The maximum Gasteiger partial charge on any atom is 0.419 e. The van der Waals surface area contributed by atoms with E-state index in [9.17, 15) is 26.3 Å². The van der Waals surface area contributed by atoms with Gasteiger partial charge in [0.2, 0.25) is 0 Å². The highest BCUT2D eigenvalue weighted by Gasteiger charge is 2.45. The predicted molar refractivity (Wildman–Crippen MR) is 70.6 cm³/mol. The Morgan fingerprint density at radius 2 is 1.74 bits per heavy atom. The summed E-state index contributed by atoms with van der Waals surface area (Å²) in [7, 11) is 0. The standard InChI is InChI=1S/C14H16F6N2O/c15-11-7-9(1-2-10(11)14(18,19)20)12(13(16,17)8-23)22-5-3-21-4-6-22/h1-2,7,12,21,23H,3-6,8H2/t12-/m1/s1. The molecule has 1 saturated heterocycles. The molecule has 23 heavy (non-hydrogen) atoms. The Morgan fingerprint density at radius 3 is 2.22 bits per heavy atom. The van der Waals surface area contributed by atoms with Crippen LogP contribution < -0.4 is 5.32 Å². The lowest BCUT2D eigenvalue weighted by atomic mass is 9.96. The fourth-order valence-electron chi connectivity index (χ4n) is 2.68. The lowest BCUT2D eigenvalue weighted by Gasteiger charge is -2.38. The van der Waals surface area contributed by atoms with Gasteiger partial charge < -0.3 is 10.4 Å². The number of benzene rings is 1. The number of aliphatic hydroxyl groups excluding tert-OH is 1. The monoisotopic (exact) mass is 342 g/mol. The van der Waals surface area contributed by atoms with Crippen LogP contribution in [0.3, 0.4) is 0 Å². The van der Waals surface area contributed by atoms with Crippen LogP contribution in [0.25, 0.3) is 0 Å². The quantitative estimate of drug-likeness (QED) is 0.825. The normalized spacial score (nSPS) is 18.9.